The van der Waals surface area contributed by atoms with Crippen molar-refractivity contribution in [2.75, 3.05) is 5.32 Å². The topological polar surface area (TPSA) is 114 Å². The highest BCUT2D eigenvalue weighted by Crippen LogP contribution is 2.31. The number of para-hydroxylation sites is 2. The Morgan fingerprint density at radius 1 is 1.28 bits per heavy atom. The minimum absolute atomic E-state index is 0.179. The third-order valence-corrected chi connectivity index (χ3v) is 3.86. The Morgan fingerprint density at radius 3 is 2.92 bits per heavy atom. The molecule has 3 N–H and O–H groups in total. The fourth-order valence-electron chi connectivity index (χ4n) is 2.66. The second kappa shape index (κ2) is 5.91. The molecule has 1 atom stereocenters. The molecule has 1 aliphatic rings. The van der Waals surface area contributed by atoms with Gasteiger partial charge in [0.15, 0.2) is 17.6 Å². The first-order valence-corrected chi connectivity index (χ1v) is 7.54. The van der Waals surface area contributed by atoms with Gasteiger partial charge in [-0.3, -0.25) is 14.8 Å². The molecular formula is C17H13N3O5. The Morgan fingerprint density at radius 2 is 2.12 bits per heavy atom. The Labute approximate surface area is 141 Å². The van der Waals surface area contributed by atoms with E-state index < -0.39 is 12.0 Å². The van der Waals surface area contributed by atoms with Crippen LogP contribution < -0.4 is 15.5 Å². The summed E-state index contributed by atoms with van der Waals surface area (Å²) in [5, 5.41) is 11.4. The molecule has 8 heteroatoms. The van der Waals surface area contributed by atoms with E-state index in [1.165, 1.54) is 12.1 Å². The van der Waals surface area contributed by atoms with E-state index in [2.05, 4.69) is 10.3 Å². The number of aromatic nitrogens is 1. The summed E-state index contributed by atoms with van der Waals surface area (Å²) < 4.78 is 11.3. The maximum atomic E-state index is 12.3. The highest BCUT2D eigenvalue weighted by atomic mass is 16.5. The molecule has 1 aromatic heterocycles. The molecule has 2 amide bonds. The van der Waals surface area contributed by atoms with Crippen molar-refractivity contribution >= 4 is 28.6 Å². The van der Waals surface area contributed by atoms with Crippen LogP contribution in [0.2, 0.25) is 0 Å². The van der Waals surface area contributed by atoms with E-state index >= 15 is 0 Å². The number of nitrogens with zero attached hydrogens (tertiary/aromatic N) is 1. The third kappa shape index (κ3) is 2.79. The van der Waals surface area contributed by atoms with Crippen LogP contribution in [0.4, 0.5) is 5.69 Å². The Kier molecular flexibility index (Phi) is 3.58. The van der Waals surface area contributed by atoms with Crippen LogP contribution in [-0.4, -0.2) is 28.1 Å². The first-order valence-electron chi connectivity index (χ1n) is 7.54. The molecule has 0 radical (unpaired) electrons. The molecule has 0 saturated carbocycles. The molecule has 25 heavy (non-hydrogen) atoms. The van der Waals surface area contributed by atoms with Crippen molar-refractivity contribution in [3.05, 3.63) is 53.9 Å². The number of benzene rings is 2. The van der Waals surface area contributed by atoms with Crippen molar-refractivity contribution in [1.29, 1.82) is 0 Å². The van der Waals surface area contributed by atoms with Crippen molar-refractivity contribution in [3.63, 3.8) is 0 Å². The largest absolute Gasteiger partial charge is 0.478 e. The number of carbonyl (C=O) groups is 2. The van der Waals surface area contributed by atoms with Crippen molar-refractivity contribution < 1.29 is 24.0 Å². The quantitative estimate of drug-likeness (QED) is 0.496. The molecule has 2 heterocycles. The normalized spacial score (nSPS) is 16.0. The van der Waals surface area contributed by atoms with Crippen LogP contribution >= 0.6 is 0 Å². The van der Waals surface area contributed by atoms with Crippen LogP contribution in [-0.2, 0) is 11.2 Å². The summed E-state index contributed by atoms with van der Waals surface area (Å²) in [6.07, 6.45) is -0.614. The number of fused-ring (bicyclic) bond motifs is 2. The standard InChI is InChI=1S/C17H13N3O5/c21-16(20-23)9-5-6-13-11(7-9)19-17(22)14(24-13)8-15-18-10-3-1-2-4-12(10)25-15/h1-7,14,23H,8H2,(H,19,22)(H,20,21). The van der Waals surface area contributed by atoms with Gasteiger partial charge in [0.25, 0.3) is 11.8 Å². The average molecular weight is 339 g/mol. The highest BCUT2D eigenvalue weighted by Gasteiger charge is 2.30. The van der Waals surface area contributed by atoms with Crippen molar-refractivity contribution in [3.8, 4) is 5.75 Å². The summed E-state index contributed by atoms with van der Waals surface area (Å²) in [5.41, 5.74) is 3.46. The fraction of sp³-hybridized carbons (Fsp3) is 0.118. The summed E-state index contributed by atoms with van der Waals surface area (Å²) in [5.74, 6) is -0.210. The molecule has 126 valence electrons. The van der Waals surface area contributed by atoms with Crippen LogP contribution in [0.3, 0.4) is 0 Å². The Balaban J connectivity index is 1.57. The van der Waals surface area contributed by atoms with E-state index in [4.69, 9.17) is 14.4 Å². The first-order chi connectivity index (χ1) is 12.1. The van der Waals surface area contributed by atoms with Gasteiger partial charge >= 0.3 is 0 Å². The van der Waals surface area contributed by atoms with E-state index in [9.17, 15) is 9.59 Å². The lowest BCUT2D eigenvalue weighted by Gasteiger charge is -2.25. The SMILES string of the molecule is O=C(NO)c1ccc2c(c1)NC(=O)C(Cc1nc3ccccc3o1)O2. The summed E-state index contributed by atoms with van der Waals surface area (Å²) >= 11 is 0. The zero-order valence-electron chi connectivity index (χ0n) is 12.9. The molecule has 0 saturated heterocycles. The number of hydrogen-bond donors (Lipinski definition) is 3. The summed E-state index contributed by atoms with van der Waals surface area (Å²) in [6, 6.07) is 11.8. The van der Waals surface area contributed by atoms with E-state index in [1.807, 2.05) is 18.2 Å². The average Bonchev–Trinajstić information content (AvgIpc) is 3.03. The monoisotopic (exact) mass is 339 g/mol. The fourth-order valence-corrected chi connectivity index (χ4v) is 2.66. The van der Waals surface area contributed by atoms with Gasteiger partial charge < -0.3 is 14.5 Å². The second-order valence-electron chi connectivity index (χ2n) is 5.53. The zero-order chi connectivity index (χ0) is 17.4. The predicted molar refractivity (Wildman–Crippen MR) is 86.5 cm³/mol. The molecule has 1 aliphatic heterocycles. The molecule has 0 fully saturated rings. The lowest BCUT2D eigenvalue weighted by Crippen LogP contribution is -2.38. The number of anilines is 1. The lowest BCUT2D eigenvalue weighted by molar-refractivity contribution is -0.123. The molecule has 3 aromatic rings. The minimum Gasteiger partial charge on any atom is -0.478 e. The van der Waals surface area contributed by atoms with Crippen molar-refractivity contribution in [1.82, 2.24) is 10.5 Å². The Hall–Kier alpha value is -3.39. The molecule has 4 rings (SSSR count). The predicted octanol–water partition coefficient (Wildman–Crippen LogP) is 1.89. The number of nitrogens with one attached hydrogen (secondary N) is 2. The van der Waals surface area contributed by atoms with Gasteiger partial charge in [0.05, 0.1) is 12.1 Å². The molecular weight excluding hydrogens is 326 g/mol. The van der Waals surface area contributed by atoms with Gasteiger partial charge in [-0.05, 0) is 30.3 Å². The number of amides is 2. The van der Waals surface area contributed by atoms with Gasteiger partial charge in [-0.2, -0.15) is 0 Å². The van der Waals surface area contributed by atoms with Gasteiger partial charge in [0, 0.05) is 5.56 Å². The van der Waals surface area contributed by atoms with Gasteiger partial charge in [0.2, 0.25) is 0 Å². The smallest absolute Gasteiger partial charge is 0.274 e. The summed E-state index contributed by atoms with van der Waals surface area (Å²) in [7, 11) is 0. The highest BCUT2D eigenvalue weighted by molar-refractivity contribution is 6.00. The lowest BCUT2D eigenvalue weighted by atomic mass is 10.1. The number of oxazole rings is 1. The van der Waals surface area contributed by atoms with E-state index in [1.54, 1.807) is 17.6 Å². The van der Waals surface area contributed by atoms with Crippen LogP contribution in [0.25, 0.3) is 11.1 Å². The maximum Gasteiger partial charge on any atom is 0.274 e. The van der Waals surface area contributed by atoms with Crippen molar-refractivity contribution in [2.45, 2.75) is 12.5 Å². The number of hydrogen-bond acceptors (Lipinski definition) is 6. The van der Waals surface area contributed by atoms with Crippen LogP contribution in [0.1, 0.15) is 16.2 Å². The molecule has 2 aromatic carbocycles. The third-order valence-electron chi connectivity index (χ3n) is 3.86. The molecule has 0 spiro atoms. The second-order valence-corrected chi connectivity index (χ2v) is 5.53. The number of carbonyl (C=O) groups excluding carboxylic acids is 2. The summed E-state index contributed by atoms with van der Waals surface area (Å²) in [4.78, 5) is 28.0. The maximum absolute atomic E-state index is 12.3. The van der Waals surface area contributed by atoms with Crippen LogP contribution in [0.5, 0.6) is 5.75 Å². The van der Waals surface area contributed by atoms with Gasteiger partial charge in [-0.15, -0.1) is 0 Å². The van der Waals surface area contributed by atoms with Crippen LogP contribution in [0, 0.1) is 0 Å². The zero-order valence-corrected chi connectivity index (χ0v) is 12.9. The summed E-state index contributed by atoms with van der Waals surface area (Å²) in [6.45, 7) is 0. The van der Waals surface area contributed by atoms with E-state index in [-0.39, 0.29) is 17.9 Å². The molecule has 8 nitrogen and oxygen atoms in total. The van der Waals surface area contributed by atoms with Gasteiger partial charge in [-0.25, -0.2) is 10.5 Å². The Bertz CT molecular complexity index is 948. The molecule has 0 aliphatic carbocycles. The van der Waals surface area contributed by atoms with E-state index in [0.29, 0.717) is 28.4 Å². The van der Waals surface area contributed by atoms with Crippen molar-refractivity contribution in [2.24, 2.45) is 0 Å². The first kappa shape index (κ1) is 15.2. The number of hydroxylamine groups is 1. The number of rotatable bonds is 3. The molecule has 1 unspecified atom stereocenters. The van der Waals surface area contributed by atoms with Crippen LogP contribution in [0.15, 0.2) is 46.9 Å². The molecule has 0 bridgehead atoms. The van der Waals surface area contributed by atoms with E-state index in [0.717, 1.165) is 0 Å². The number of ether oxygens (including phenoxy) is 1. The van der Waals surface area contributed by atoms with Gasteiger partial charge in [0.1, 0.15) is 11.3 Å². The van der Waals surface area contributed by atoms with Gasteiger partial charge in [-0.1, -0.05) is 12.1 Å². The minimum atomic E-state index is -0.793.